The maximum Gasteiger partial charge on any atom is 0.417 e. The van der Waals surface area contributed by atoms with Crippen LogP contribution in [0.3, 0.4) is 0 Å². The molecule has 2 fully saturated rings. The molecular formula is C34H43F3N4O4S. The van der Waals surface area contributed by atoms with Gasteiger partial charge < -0.3 is 19.3 Å². The highest BCUT2D eigenvalue weighted by molar-refractivity contribution is 7.81. The number of benzene rings is 2. The Morgan fingerprint density at radius 3 is 2.39 bits per heavy atom. The predicted molar refractivity (Wildman–Crippen MR) is 174 cm³/mol. The van der Waals surface area contributed by atoms with E-state index < -0.39 is 39.8 Å². The van der Waals surface area contributed by atoms with Crippen molar-refractivity contribution in [2.75, 3.05) is 23.0 Å². The van der Waals surface area contributed by atoms with Crippen molar-refractivity contribution in [2.45, 2.75) is 103 Å². The summed E-state index contributed by atoms with van der Waals surface area (Å²) in [6, 6.07) is 10.5. The van der Waals surface area contributed by atoms with Crippen molar-refractivity contribution in [3.05, 3.63) is 53.1 Å². The average Bonchev–Trinajstić information content (AvgIpc) is 3.14. The molecule has 2 saturated heterocycles. The monoisotopic (exact) mass is 660 g/mol. The normalized spacial score (nSPS) is 21.7. The van der Waals surface area contributed by atoms with Gasteiger partial charge in [0.2, 0.25) is 0 Å². The molecule has 2 aromatic rings. The number of amides is 2. The Morgan fingerprint density at radius 2 is 1.80 bits per heavy atom. The van der Waals surface area contributed by atoms with Gasteiger partial charge in [-0.1, -0.05) is 6.92 Å². The molecule has 2 aromatic carbocycles. The molecule has 0 aliphatic carbocycles. The summed E-state index contributed by atoms with van der Waals surface area (Å²) in [7, 11) is 0. The number of ether oxygens (including phenoxy) is 2. The number of thiol groups is 1. The zero-order valence-corrected chi connectivity index (χ0v) is 28.3. The Labute approximate surface area is 274 Å². The number of rotatable bonds is 7. The van der Waals surface area contributed by atoms with Crippen molar-refractivity contribution < 1.29 is 32.2 Å². The molecule has 3 atom stereocenters. The SMILES string of the molecule is CCc1cc(N2C(S)N(c3ccc(C#N)c(C(F)(F)F)c3)C(=O)C2(C)C)ccc1OCC[C@H]1CCN(C(=O)OC(C)(C)C)[C@H](C)C1. The minimum absolute atomic E-state index is 0.00816. The molecule has 2 amide bonds. The molecule has 4 rings (SSSR count). The van der Waals surface area contributed by atoms with Crippen molar-refractivity contribution in [1.29, 1.82) is 5.26 Å². The molecule has 1 unspecified atom stereocenters. The first kappa shape index (κ1) is 35.3. The topological polar surface area (TPSA) is 86.1 Å². The van der Waals surface area contributed by atoms with Gasteiger partial charge >= 0.3 is 12.3 Å². The van der Waals surface area contributed by atoms with Gasteiger partial charge in [-0.25, -0.2) is 4.79 Å². The van der Waals surface area contributed by atoms with Crippen LogP contribution in [0.25, 0.3) is 0 Å². The molecule has 0 N–H and O–H groups in total. The van der Waals surface area contributed by atoms with Gasteiger partial charge in [0.1, 0.15) is 16.9 Å². The second kappa shape index (κ2) is 13.3. The first-order chi connectivity index (χ1) is 21.4. The van der Waals surface area contributed by atoms with Crippen LogP contribution in [0.1, 0.15) is 84.4 Å². The molecule has 0 spiro atoms. The molecular weight excluding hydrogens is 617 g/mol. The van der Waals surface area contributed by atoms with Gasteiger partial charge in [-0.15, -0.1) is 12.6 Å². The molecule has 2 aliphatic heterocycles. The molecule has 0 saturated carbocycles. The van der Waals surface area contributed by atoms with E-state index in [9.17, 15) is 28.0 Å². The number of alkyl halides is 3. The first-order valence-corrected chi connectivity index (χ1v) is 16.1. The van der Waals surface area contributed by atoms with Gasteiger partial charge in [-0.05, 0) is 115 Å². The molecule has 2 aliphatic rings. The number of aryl methyl sites for hydroxylation is 1. The quantitative estimate of drug-likeness (QED) is 0.305. The van der Waals surface area contributed by atoms with Crippen LogP contribution in [0.15, 0.2) is 36.4 Å². The Hall–Kier alpha value is -3.59. The van der Waals surface area contributed by atoms with Crippen LogP contribution in [-0.4, -0.2) is 52.7 Å². The van der Waals surface area contributed by atoms with Gasteiger partial charge in [0.25, 0.3) is 5.91 Å². The Kier molecular flexibility index (Phi) is 10.2. The number of piperidine rings is 1. The summed E-state index contributed by atoms with van der Waals surface area (Å²) in [6.07, 6.45) is -1.81. The number of halogens is 3. The van der Waals surface area contributed by atoms with Crippen LogP contribution < -0.4 is 14.5 Å². The highest BCUT2D eigenvalue weighted by atomic mass is 32.1. The minimum Gasteiger partial charge on any atom is -0.493 e. The van der Waals surface area contributed by atoms with E-state index in [-0.39, 0.29) is 17.8 Å². The lowest BCUT2D eigenvalue weighted by Crippen LogP contribution is -2.46. The second-order valence-electron chi connectivity index (χ2n) is 13.5. The number of likely N-dealkylation sites (tertiary alicyclic amines) is 1. The summed E-state index contributed by atoms with van der Waals surface area (Å²) in [6.45, 7) is 14.2. The summed E-state index contributed by atoms with van der Waals surface area (Å²) >= 11 is 4.71. The summed E-state index contributed by atoms with van der Waals surface area (Å²) in [5.74, 6) is 0.712. The fraction of sp³-hybridized carbons (Fsp3) is 0.559. The second-order valence-corrected chi connectivity index (χ2v) is 13.9. The smallest absolute Gasteiger partial charge is 0.417 e. The molecule has 0 aromatic heterocycles. The van der Waals surface area contributed by atoms with Gasteiger partial charge in [0.05, 0.1) is 23.8 Å². The average molecular weight is 661 g/mol. The molecule has 0 radical (unpaired) electrons. The van der Waals surface area contributed by atoms with Crippen LogP contribution >= 0.6 is 12.6 Å². The predicted octanol–water partition coefficient (Wildman–Crippen LogP) is 7.79. The van der Waals surface area contributed by atoms with Crippen molar-refractivity contribution in [3.8, 4) is 11.8 Å². The number of hydrogen-bond acceptors (Lipinski definition) is 7. The van der Waals surface area contributed by atoms with E-state index in [0.717, 1.165) is 42.7 Å². The van der Waals surface area contributed by atoms with Crippen molar-refractivity contribution in [3.63, 3.8) is 0 Å². The van der Waals surface area contributed by atoms with Crippen LogP contribution in [0.5, 0.6) is 5.75 Å². The highest BCUT2D eigenvalue weighted by Gasteiger charge is 2.52. The molecule has 250 valence electrons. The van der Waals surface area contributed by atoms with E-state index in [4.69, 9.17) is 22.1 Å². The first-order valence-electron chi connectivity index (χ1n) is 15.6. The van der Waals surface area contributed by atoms with Crippen LogP contribution in [-0.2, 0) is 22.1 Å². The highest BCUT2D eigenvalue weighted by Crippen LogP contribution is 2.43. The Morgan fingerprint density at radius 1 is 1.13 bits per heavy atom. The minimum atomic E-state index is -4.76. The van der Waals surface area contributed by atoms with Crippen molar-refractivity contribution >= 4 is 36.0 Å². The fourth-order valence-corrected chi connectivity index (χ4v) is 6.88. The molecule has 0 bridgehead atoms. The van der Waals surface area contributed by atoms with Gasteiger partial charge in [0, 0.05) is 24.0 Å². The molecule has 46 heavy (non-hydrogen) atoms. The van der Waals surface area contributed by atoms with E-state index in [1.165, 1.54) is 11.0 Å². The Balaban J connectivity index is 1.46. The molecule has 2 heterocycles. The number of nitrogens with zero attached hydrogens (tertiary/aromatic N) is 4. The summed E-state index contributed by atoms with van der Waals surface area (Å²) < 4.78 is 52.9. The van der Waals surface area contributed by atoms with Crippen molar-refractivity contribution in [1.82, 2.24) is 4.90 Å². The van der Waals surface area contributed by atoms with Crippen molar-refractivity contribution in [2.24, 2.45) is 5.92 Å². The number of carbonyl (C=O) groups is 2. The third-order valence-electron chi connectivity index (χ3n) is 8.61. The Bertz CT molecular complexity index is 1500. The third kappa shape index (κ3) is 7.35. The summed E-state index contributed by atoms with van der Waals surface area (Å²) in [4.78, 5) is 31.0. The zero-order valence-electron chi connectivity index (χ0n) is 27.4. The molecule has 12 heteroatoms. The number of carbonyl (C=O) groups excluding carboxylic acids is 2. The maximum atomic E-state index is 13.7. The number of nitriles is 1. The zero-order chi connectivity index (χ0) is 34.2. The van der Waals surface area contributed by atoms with E-state index in [1.807, 2.05) is 52.8 Å². The van der Waals surface area contributed by atoms with Gasteiger partial charge in [-0.3, -0.25) is 9.69 Å². The van der Waals surface area contributed by atoms with E-state index in [0.29, 0.717) is 31.2 Å². The molecule has 8 nitrogen and oxygen atoms in total. The lowest BCUT2D eigenvalue weighted by molar-refractivity contribution is -0.137. The number of anilines is 2. The van der Waals surface area contributed by atoms with Crippen LogP contribution in [0, 0.1) is 17.2 Å². The third-order valence-corrected chi connectivity index (χ3v) is 9.07. The van der Waals surface area contributed by atoms with E-state index >= 15 is 0 Å². The van der Waals surface area contributed by atoms with Crippen LogP contribution in [0.4, 0.5) is 29.3 Å². The summed E-state index contributed by atoms with van der Waals surface area (Å²) in [5.41, 5.74) is -2.57. The fourth-order valence-electron chi connectivity index (χ4n) is 6.22. The lowest BCUT2D eigenvalue weighted by Gasteiger charge is -2.38. The van der Waals surface area contributed by atoms with Gasteiger partial charge in [0.15, 0.2) is 5.50 Å². The summed E-state index contributed by atoms with van der Waals surface area (Å²) in [5, 5.41) is 9.20. The van der Waals surface area contributed by atoms with E-state index in [2.05, 4.69) is 0 Å². The van der Waals surface area contributed by atoms with Gasteiger partial charge in [-0.2, -0.15) is 18.4 Å². The standard InChI is InChI=1S/C34H43F3N4O4S/c1-8-23-18-26(11-12-28(23)44-16-14-22-13-15-39(21(2)17-22)31(43)45-32(3,4)5)41-30(46)40(29(42)33(41,6)7)25-10-9-24(20-38)27(19-25)34(35,36)37/h9-12,18-19,21-22,30,46H,8,13-17H2,1-7H3/t21-,22-,30?/m1/s1. The van der Waals surface area contributed by atoms with E-state index in [1.54, 1.807) is 29.7 Å². The largest absolute Gasteiger partial charge is 0.493 e. The lowest BCUT2D eigenvalue weighted by atomic mass is 9.89. The van der Waals surface area contributed by atoms with Crippen LogP contribution in [0.2, 0.25) is 0 Å². The number of hydrogen-bond donors (Lipinski definition) is 1. The maximum absolute atomic E-state index is 13.7.